The number of carbonyl (C=O) groups is 1. The number of aliphatic hydroxyl groups excluding tert-OH is 1. The highest BCUT2D eigenvalue weighted by atomic mass is 16.3. The number of amides is 1. The van der Waals surface area contributed by atoms with Crippen LogP contribution < -0.4 is 5.32 Å². The summed E-state index contributed by atoms with van der Waals surface area (Å²) in [6.07, 6.45) is 3.15. The van der Waals surface area contributed by atoms with E-state index in [1.807, 2.05) is 6.92 Å². The van der Waals surface area contributed by atoms with Gasteiger partial charge in [-0.2, -0.15) is 5.10 Å². The Morgan fingerprint density at radius 3 is 2.88 bits per heavy atom. The molecule has 0 aliphatic heterocycles. The van der Waals surface area contributed by atoms with E-state index in [0.717, 1.165) is 18.5 Å². The van der Waals surface area contributed by atoms with E-state index in [2.05, 4.69) is 10.4 Å². The molecule has 0 spiro atoms. The number of aromatic nitrogens is 2. The van der Waals surface area contributed by atoms with Gasteiger partial charge in [0.15, 0.2) is 0 Å². The summed E-state index contributed by atoms with van der Waals surface area (Å²) in [6.45, 7) is 2.46. The highest BCUT2D eigenvalue weighted by Gasteiger charge is 2.27. The van der Waals surface area contributed by atoms with E-state index in [0.29, 0.717) is 18.0 Å². The molecule has 0 atom stereocenters. The van der Waals surface area contributed by atoms with Crippen molar-refractivity contribution in [3.8, 4) is 0 Å². The van der Waals surface area contributed by atoms with Crippen LogP contribution in [0.3, 0.4) is 0 Å². The average molecular weight is 223 g/mol. The second-order valence-electron chi connectivity index (χ2n) is 4.50. The first-order valence-electron chi connectivity index (χ1n) is 5.52. The zero-order valence-corrected chi connectivity index (χ0v) is 9.60. The molecular formula is C11H17N3O2. The zero-order chi connectivity index (χ0) is 11.7. The Morgan fingerprint density at radius 1 is 1.69 bits per heavy atom. The Bertz CT molecular complexity index is 394. The van der Waals surface area contributed by atoms with Gasteiger partial charge in [0.1, 0.15) is 0 Å². The monoisotopic (exact) mass is 223 g/mol. The molecule has 0 saturated heterocycles. The van der Waals surface area contributed by atoms with Crippen LogP contribution in [0.15, 0.2) is 6.20 Å². The van der Waals surface area contributed by atoms with Crippen LogP contribution in [0.4, 0.5) is 0 Å². The van der Waals surface area contributed by atoms with Gasteiger partial charge in [-0.15, -0.1) is 0 Å². The Kier molecular flexibility index (Phi) is 2.96. The van der Waals surface area contributed by atoms with Crippen molar-refractivity contribution in [3.63, 3.8) is 0 Å². The van der Waals surface area contributed by atoms with Crippen molar-refractivity contribution in [2.24, 2.45) is 13.0 Å². The minimum absolute atomic E-state index is 0.0769. The lowest BCUT2D eigenvalue weighted by atomic mass is 9.82. The molecule has 0 radical (unpaired) electrons. The first-order valence-corrected chi connectivity index (χ1v) is 5.52. The van der Waals surface area contributed by atoms with Gasteiger partial charge in [0.2, 0.25) is 0 Å². The Hall–Kier alpha value is -1.36. The first kappa shape index (κ1) is 11.1. The number of aliphatic hydroxyl groups is 1. The molecule has 16 heavy (non-hydrogen) atoms. The quantitative estimate of drug-likeness (QED) is 0.770. The van der Waals surface area contributed by atoms with Gasteiger partial charge in [0.05, 0.1) is 17.4 Å². The molecule has 1 aromatic rings. The molecule has 2 N–H and O–H groups in total. The second-order valence-corrected chi connectivity index (χ2v) is 4.50. The predicted octanol–water partition coefficient (Wildman–Crippen LogP) is 0.229. The smallest absolute Gasteiger partial charge is 0.254 e. The van der Waals surface area contributed by atoms with Crippen molar-refractivity contribution in [2.45, 2.75) is 25.9 Å². The Morgan fingerprint density at radius 2 is 2.38 bits per heavy atom. The minimum atomic E-state index is -0.165. The molecule has 0 bridgehead atoms. The summed E-state index contributed by atoms with van der Waals surface area (Å²) in [4.78, 5) is 11.8. The molecule has 0 unspecified atom stereocenters. The molecule has 1 fully saturated rings. The number of nitrogens with zero attached hydrogens (tertiary/aromatic N) is 2. The van der Waals surface area contributed by atoms with E-state index < -0.39 is 0 Å². The fraction of sp³-hybridized carbons (Fsp3) is 0.636. The molecule has 1 aliphatic rings. The van der Waals surface area contributed by atoms with Crippen molar-refractivity contribution >= 4 is 5.91 Å². The number of rotatable bonds is 3. The molecule has 1 heterocycles. The third-order valence-corrected chi connectivity index (χ3v) is 3.02. The van der Waals surface area contributed by atoms with Crippen molar-refractivity contribution in [1.82, 2.24) is 15.1 Å². The number of aryl methyl sites for hydroxylation is 2. The van der Waals surface area contributed by atoms with E-state index >= 15 is 0 Å². The number of hydrogen-bond acceptors (Lipinski definition) is 3. The van der Waals surface area contributed by atoms with Gasteiger partial charge >= 0.3 is 0 Å². The highest BCUT2D eigenvalue weighted by molar-refractivity contribution is 5.94. The SMILES string of the molecule is Cc1nn(C)cc1C(=O)NCC1CC(O)C1. The highest BCUT2D eigenvalue weighted by Crippen LogP contribution is 2.26. The maximum absolute atomic E-state index is 11.8. The summed E-state index contributed by atoms with van der Waals surface area (Å²) in [5.41, 5.74) is 1.37. The van der Waals surface area contributed by atoms with Crippen LogP contribution in [0.1, 0.15) is 28.9 Å². The third kappa shape index (κ3) is 2.24. The van der Waals surface area contributed by atoms with Crippen molar-refractivity contribution < 1.29 is 9.90 Å². The largest absolute Gasteiger partial charge is 0.393 e. The molecule has 1 saturated carbocycles. The van der Waals surface area contributed by atoms with Gasteiger partial charge in [-0.1, -0.05) is 0 Å². The first-order chi connectivity index (χ1) is 7.56. The van der Waals surface area contributed by atoms with Crippen LogP contribution in [0.25, 0.3) is 0 Å². The number of carbonyl (C=O) groups excluding carboxylic acids is 1. The molecular weight excluding hydrogens is 206 g/mol. The van der Waals surface area contributed by atoms with Gasteiger partial charge in [-0.25, -0.2) is 0 Å². The van der Waals surface area contributed by atoms with Gasteiger partial charge in [0.25, 0.3) is 5.91 Å². The zero-order valence-electron chi connectivity index (χ0n) is 9.60. The van der Waals surface area contributed by atoms with Crippen molar-refractivity contribution in [3.05, 3.63) is 17.5 Å². The van der Waals surface area contributed by atoms with Gasteiger partial charge in [-0.05, 0) is 25.7 Å². The van der Waals surface area contributed by atoms with Crippen LogP contribution in [0.2, 0.25) is 0 Å². The lowest BCUT2D eigenvalue weighted by molar-refractivity contribution is 0.0420. The maximum Gasteiger partial charge on any atom is 0.254 e. The average Bonchev–Trinajstić information content (AvgIpc) is 2.50. The van der Waals surface area contributed by atoms with Crippen molar-refractivity contribution in [2.75, 3.05) is 6.54 Å². The number of hydrogen-bond donors (Lipinski definition) is 2. The molecule has 5 heteroatoms. The van der Waals surface area contributed by atoms with E-state index in [9.17, 15) is 4.79 Å². The molecule has 1 aromatic heterocycles. The van der Waals surface area contributed by atoms with Gasteiger partial charge < -0.3 is 10.4 Å². The molecule has 1 aliphatic carbocycles. The van der Waals surface area contributed by atoms with Gasteiger partial charge in [-0.3, -0.25) is 9.48 Å². The standard InChI is InChI=1S/C11H17N3O2/c1-7-10(6-14(2)13-7)11(16)12-5-8-3-9(15)4-8/h6,8-9,15H,3-5H2,1-2H3,(H,12,16). The Balaban J connectivity index is 1.86. The second kappa shape index (κ2) is 4.25. The van der Waals surface area contributed by atoms with E-state index in [4.69, 9.17) is 5.11 Å². The van der Waals surface area contributed by atoms with Crippen LogP contribution in [0.5, 0.6) is 0 Å². The Labute approximate surface area is 94.5 Å². The molecule has 1 amide bonds. The fourth-order valence-corrected chi connectivity index (χ4v) is 2.02. The van der Waals surface area contributed by atoms with Crippen LogP contribution in [-0.2, 0) is 7.05 Å². The summed E-state index contributed by atoms with van der Waals surface area (Å²) in [6, 6.07) is 0. The van der Waals surface area contributed by atoms with Gasteiger partial charge in [0, 0.05) is 19.8 Å². The van der Waals surface area contributed by atoms with E-state index in [1.165, 1.54) is 0 Å². The lowest BCUT2D eigenvalue weighted by Gasteiger charge is -2.31. The fourth-order valence-electron chi connectivity index (χ4n) is 2.02. The molecule has 2 rings (SSSR count). The molecule has 5 nitrogen and oxygen atoms in total. The summed E-state index contributed by atoms with van der Waals surface area (Å²) in [5, 5.41) is 16.1. The lowest BCUT2D eigenvalue weighted by Crippen LogP contribution is -2.38. The van der Waals surface area contributed by atoms with Crippen molar-refractivity contribution in [1.29, 1.82) is 0 Å². The minimum Gasteiger partial charge on any atom is -0.393 e. The predicted molar refractivity (Wildman–Crippen MR) is 59.0 cm³/mol. The summed E-state index contributed by atoms with van der Waals surface area (Å²) in [5.74, 6) is 0.350. The molecule has 0 aromatic carbocycles. The topological polar surface area (TPSA) is 67.2 Å². The van der Waals surface area contributed by atoms with Crippen LogP contribution >= 0.6 is 0 Å². The molecule has 88 valence electrons. The normalized spacial score (nSPS) is 23.9. The number of nitrogens with one attached hydrogen (secondary N) is 1. The third-order valence-electron chi connectivity index (χ3n) is 3.02. The summed E-state index contributed by atoms with van der Waals surface area (Å²) >= 11 is 0. The summed E-state index contributed by atoms with van der Waals surface area (Å²) < 4.78 is 1.64. The van der Waals surface area contributed by atoms with Crippen LogP contribution in [0, 0.1) is 12.8 Å². The van der Waals surface area contributed by atoms with Crippen LogP contribution in [-0.4, -0.2) is 33.4 Å². The van der Waals surface area contributed by atoms with E-state index in [1.54, 1.807) is 17.9 Å². The maximum atomic E-state index is 11.8. The van der Waals surface area contributed by atoms with E-state index in [-0.39, 0.29) is 12.0 Å². The summed E-state index contributed by atoms with van der Waals surface area (Å²) in [7, 11) is 1.80.